The van der Waals surface area contributed by atoms with Gasteiger partial charge in [0, 0.05) is 18.7 Å². The van der Waals surface area contributed by atoms with Crippen molar-refractivity contribution in [2.24, 2.45) is 0 Å². The van der Waals surface area contributed by atoms with Crippen molar-refractivity contribution in [3.8, 4) is 17.1 Å². The number of carbonyl (C=O) groups excluding carboxylic acids is 1. The fraction of sp³-hybridized carbons (Fsp3) is 0.286. The lowest BCUT2D eigenvalue weighted by molar-refractivity contribution is -0.123. The molecule has 138 valence electrons. The number of nitrogens with one attached hydrogen (secondary N) is 1. The topological polar surface area (TPSA) is 69.0 Å². The zero-order valence-electron chi connectivity index (χ0n) is 15.3. The molecule has 0 saturated heterocycles. The molecule has 0 radical (unpaired) electrons. The average Bonchev–Trinajstić information content (AvgIpc) is 3.17. The smallest absolute Gasteiger partial charge is 0.231 e. The van der Waals surface area contributed by atoms with E-state index in [2.05, 4.69) is 20.1 Å². The van der Waals surface area contributed by atoms with E-state index < -0.39 is 0 Å². The molecule has 1 aliphatic heterocycles. The van der Waals surface area contributed by atoms with Gasteiger partial charge >= 0.3 is 0 Å². The van der Waals surface area contributed by atoms with E-state index in [0.717, 1.165) is 47.9 Å². The predicted molar refractivity (Wildman–Crippen MR) is 102 cm³/mol. The van der Waals surface area contributed by atoms with Crippen LogP contribution in [0.5, 0.6) is 5.75 Å². The van der Waals surface area contributed by atoms with E-state index in [1.807, 2.05) is 54.6 Å². The summed E-state index contributed by atoms with van der Waals surface area (Å²) in [5.41, 5.74) is 2.06. The molecule has 27 heavy (non-hydrogen) atoms. The minimum Gasteiger partial charge on any atom is -0.497 e. The number of rotatable bonds is 5. The van der Waals surface area contributed by atoms with Crippen LogP contribution in [0, 0.1) is 0 Å². The molecule has 6 heteroatoms. The third kappa shape index (κ3) is 3.56. The number of benzene rings is 2. The van der Waals surface area contributed by atoms with E-state index in [9.17, 15) is 4.79 Å². The Morgan fingerprint density at radius 3 is 2.67 bits per heavy atom. The second-order valence-electron chi connectivity index (χ2n) is 6.66. The van der Waals surface area contributed by atoms with Crippen LogP contribution in [0.1, 0.15) is 30.1 Å². The van der Waals surface area contributed by atoms with Crippen molar-refractivity contribution >= 4 is 5.91 Å². The van der Waals surface area contributed by atoms with Crippen molar-refractivity contribution in [1.82, 2.24) is 20.1 Å². The van der Waals surface area contributed by atoms with Gasteiger partial charge in [-0.3, -0.25) is 4.79 Å². The molecule has 1 aliphatic rings. The van der Waals surface area contributed by atoms with Crippen molar-refractivity contribution in [2.75, 3.05) is 7.11 Å². The first-order valence-electron chi connectivity index (χ1n) is 9.15. The van der Waals surface area contributed by atoms with Gasteiger partial charge in [0.15, 0.2) is 5.82 Å². The Morgan fingerprint density at radius 1 is 1.15 bits per heavy atom. The molecule has 0 fully saturated rings. The van der Waals surface area contributed by atoms with Crippen molar-refractivity contribution in [2.45, 2.75) is 31.8 Å². The molecule has 0 aliphatic carbocycles. The van der Waals surface area contributed by atoms with Crippen LogP contribution in [0.4, 0.5) is 0 Å². The molecule has 1 amide bonds. The van der Waals surface area contributed by atoms with Crippen molar-refractivity contribution in [3.05, 3.63) is 66.0 Å². The highest BCUT2D eigenvalue weighted by molar-refractivity contribution is 5.83. The zero-order valence-corrected chi connectivity index (χ0v) is 15.3. The van der Waals surface area contributed by atoms with Gasteiger partial charge in [-0.05, 0) is 30.5 Å². The molecule has 0 bridgehead atoms. The van der Waals surface area contributed by atoms with Crippen molar-refractivity contribution < 1.29 is 9.53 Å². The first-order valence-corrected chi connectivity index (χ1v) is 9.15. The van der Waals surface area contributed by atoms with Crippen molar-refractivity contribution in [3.63, 3.8) is 0 Å². The maximum absolute atomic E-state index is 12.8. The highest BCUT2D eigenvalue weighted by atomic mass is 16.5. The summed E-state index contributed by atoms with van der Waals surface area (Å²) in [7, 11) is 1.64. The summed E-state index contributed by atoms with van der Waals surface area (Å²) < 4.78 is 7.24. The summed E-state index contributed by atoms with van der Waals surface area (Å²) in [6.45, 7) is 1.33. The maximum atomic E-state index is 12.8. The van der Waals surface area contributed by atoms with E-state index in [0.29, 0.717) is 6.54 Å². The Kier molecular flexibility index (Phi) is 4.87. The van der Waals surface area contributed by atoms with E-state index >= 15 is 0 Å². The number of carbonyl (C=O) groups is 1. The molecule has 3 aromatic rings. The van der Waals surface area contributed by atoms with Crippen LogP contribution in [0.2, 0.25) is 0 Å². The molecule has 4 rings (SSSR count). The largest absolute Gasteiger partial charge is 0.497 e. The minimum atomic E-state index is -0.262. The number of fused-ring (bicyclic) bond motifs is 1. The molecule has 0 saturated carbocycles. The summed E-state index contributed by atoms with van der Waals surface area (Å²) in [5.74, 6) is 2.13. The van der Waals surface area contributed by atoms with Gasteiger partial charge in [-0.1, -0.05) is 42.5 Å². The Labute approximate surface area is 158 Å². The number of hydrogen-bond donors (Lipinski definition) is 1. The molecule has 1 atom stereocenters. The van der Waals surface area contributed by atoms with Crippen LogP contribution in [0.25, 0.3) is 11.4 Å². The Morgan fingerprint density at radius 2 is 1.93 bits per heavy atom. The summed E-state index contributed by atoms with van der Waals surface area (Å²) in [4.78, 5) is 12.8. The molecule has 0 spiro atoms. The van der Waals surface area contributed by atoms with Crippen LogP contribution in [-0.2, 0) is 17.9 Å². The Bertz CT molecular complexity index is 919. The summed E-state index contributed by atoms with van der Waals surface area (Å²) in [5, 5.41) is 11.7. The van der Waals surface area contributed by atoms with Crippen molar-refractivity contribution in [1.29, 1.82) is 0 Å². The minimum absolute atomic E-state index is 0.00113. The third-order valence-corrected chi connectivity index (χ3v) is 4.94. The molecule has 1 aromatic heterocycles. The van der Waals surface area contributed by atoms with Crippen LogP contribution in [0.15, 0.2) is 54.6 Å². The van der Waals surface area contributed by atoms with Gasteiger partial charge in [0.1, 0.15) is 11.6 Å². The van der Waals surface area contributed by atoms with E-state index in [1.165, 1.54) is 0 Å². The number of ether oxygens (including phenoxy) is 1. The monoisotopic (exact) mass is 362 g/mol. The number of methoxy groups -OCH3 is 1. The fourth-order valence-electron chi connectivity index (χ4n) is 3.48. The highest BCUT2D eigenvalue weighted by Gasteiger charge is 2.30. The van der Waals surface area contributed by atoms with Gasteiger partial charge in [0.05, 0.1) is 13.0 Å². The van der Waals surface area contributed by atoms with Crippen LogP contribution >= 0.6 is 0 Å². The maximum Gasteiger partial charge on any atom is 0.231 e. The van der Waals surface area contributed by atoms with E-state index in [1.54, 1.807) is 7.11 Å². The standard InChI is InChI=1S/C21H22N4O2/c1-27-17-11-9-15(10-12-17)14-22-21(26)18-8-5-13-25-19(23-24-20(18)25)16-6-3-2-4-7-16/h2-4,6-7,9-12,18H,5,8,13-14H2,1H3,(H,22,26). The predicted octanol–water partition coefficient (Wildman–Crippen LogP) is 3.15. The SMILES string of the molecule is COc1ccc(CNC(=O)C2CCCn3c(-c4ccccc4)nnc32)cc1. The summed E-state index contributed by atoms with van der Waals surface area (Å²) in [6.07, 6.45) is 1.73. The Balaban J connectivity index is 1.49. The third-order valence-electron chi connectivity index (χ3n) is 4.94. The lowest BCUT2D eigenvalue weighted by Crippen LogP contribution is -2.32. The quantitative estimate of drug-likeness (QED) is 0.757. The average molecular weight is 362 g/mol. The van der Waals surface area contributed by atoms with Gasteiger partial charge < -0.3 is 14.6 Å². The molecule has 6 nitrogen and oxygen atoms in total. The number of nitrogens with zero attached hydrogens (tertiary/aromatic N) is 3. The molecule has 1 unspecified atom stereocenters. The first-order chi connectivity index (χ1) is 13.3. The van der Waals surface area contributed by atoms with Gasteiger partial charge in [0.2, 0.25) is 5.91 Å². The fourth-order valence-corrected chi connectivity index (χ4v) is 3.48. The van der Waals surface area contributed by atoms with E-state index in [-0.39, 0.29) is 11.8 Å². The lowest BCUT2D eigenvalue weighted by atomic mass is 9.97. The summed E-state index contributed by atoms with van der Waals surface area (Å²) >= 11 is 0. The second-order valence-corrected chi connectivity index (χ2v) is 6.66. The van der Waals surface area contributed by atoms with Crippen LogP contribution in [-0.4, -0.2) is 27.8 Å². The van der Waals surface area contributed by atoms with Crippen LogP contribution in [0.3, 0.4) is 0 Å². The van der Waals surface area contributed by atoms with E-state index in [4.69, 9.17) is 4.74 Å². The normalized spacial score (nSPS) is 15.8. The zero-order chi connectivity index (χ0) is 18.6. The first kappa shape index (κ1) is 17.3. The Hall–Kier alpha value is -3.15. The molecule has 2 aromatic carbocycles. The summed E-state index contributed by atoms with van der Waals surface area (Å²) in [6, 6.07) is 17.7. The van der Waals surface area contributed by atoms with Gasteiger partial charge in [0.25, 0.3) is 0 Å². The molecule has 2 heterocycles. The molecular formula is C21H22N4O2. The highest BCUT2D eigenvalue weighted by Crippen LogP contribution is 2.30. The lowest BCUT2D eigenvalue weighted by Gasteiger charge is -2.23. The molecule has 1 N–H and O–H groups in total. The number of aromatic nitrogens is 3. The molecular weight excluding hydrogens is 340 g/mol. The van der Waals surface area contributed by atoms with Gasteiger partial charge in [-0.15, -0.1) is 10.2 Å². The second kappa shape index (κ2) is 7.61. The number of hydrogen-bond acceptors (Lipinski definition) is 4. The van der Waals surface area contributed by atoms with Gasteiger partial charge in [-0.2, -0.15) is 0 Å². The van der Waals surface area contributed by atoms with Gasteiger partial charge in [-0.25, -0.2) is 0 Å². The van der Waals surface area contributed by atoms with Crippen LogP contribution < -0.4 is 10.1 Å². The number of amides is 1.